The van der Waals surface area contributed by atoms with Crippen LogP contribution in [0.3, 0.4) is 0 Å². The van der Waals surface area contributed by atoms with Crippen molar-refractivity contribution in [2.75, 3.05) is 19.8 Å². The molecule has 0 spiro atoms. The average molecular weight is 463 g/mol. The normalized spacial score (nSPS) is 10.1. The van der Waals surface area contributed by atoms with Gasteiger partial charge in [-0.05, 0) is 36.8 Å². The molecule has 162 valence electrons. The van der Waals surface area contributed by atoms with Gasteiger partial charge in [-0.15, -0.1) is 6.42 Å². The number of amidine groups is 1. The van der Waals surface area contributed by atoms with Crippen molar-refractivity contribution in [3.63, 3.8) is 0 Å². The van der Waals surface area contributed by atoms with Gasteiger partial charge in [0.25, 0.3) is 5.91 Å². The Morgan fingerprint density at radius 1 is 1.13 bits per heavy atom. The van der Waals surface area contributed by atoms with E-state index in [-0.39, 0.29) is 47.7 Å². The van der Waals surface area contributed by atoms with E-state index in [1.165, 1.54) is 0 Å². The molecule has 1 N–H and O–H groups in total. The predicted octanol–water partition coefficient (Wildman–Crippen LogP) is 3.90. The number of esters is 1. The fourth-order valence-electron chi connectivity index (χ4n) is 2.48. The van der Waals surface area contributed by atoms with Crippen molar-refractivity contribution in [2.24, 2.45) is 0 Å². The number of hydroxylamine groups is 2. The molecule has 0 atom stereocenters. The van der Waals surface area contributed by atoms with Crippen LogP contribution in [0, 0.1) is 17.8 Å². The van der Waals surface area contributed by atoms with Gasteiger partial charge in [0.1, 0.15) is 12.4 Å². The molecule has 0 heterocycles. The zero-order chi connectivity index (χ0) is 22.8. The first-order valence-corrected chi connectivity index (χ1v) is 9.92. The third-order valence-electron chi connectivity index (χ3n) is 3.85. The molecule has 0 saturated heterocycles. The summed E-state index contributed by atoms with van der Waals surface area (Å²) in [6.07, 6.45) is 5.14. The monoisotopic (exact) mass is 462 g/mol. The van der Waals surface area contributed by atoms with E-state index in [2.05, 4.69) is 5.92 Å². The van der Waals surface area contributed by atoms with Crippen molar-refractivity contribution in [3.8, 4) is 18.1 Å². The molecule has 0 radical (unpaired) electrons. The molecule has 31 heavy (non-hydrogen) atoms. The molecule has 0 aliphatic rings. The number of rotatable bonds is 9. The third kappa shape index (κ3) is 7.00. The number of hydrogen-bond acceptors (Lipinski definition) is 6. The van der Waals surface area contributed by atoms with E-state index in [9.17, 15) is 9.59 Å². The molecule has 0 bridgehead atoms. The summed E-state index contributed by atoms with van der Waals surface area (Å²) in [4.78, 5) is 29.5. The van der Waals surface area contributed by atoms with Crippen molar-refractivity contribution < 1.29 is 23.9 Å². The summed E-state index contributed by atoms with van der Waals surface area (Å²) in [6, 6.07) is 11.3. The van der Waals surface area contributed by atoms with Crippen molar-refractivity contribution in [1.29, 1.82) is 5.41 Å². The van der Waals surface area contributed by atoms with Crippen LogP contribution < -0.4 is 4.74 Å². The predicted molar refractivity (Wildman–Crippen MR) is 117 cm³/mol. The SMILES string of the molecule is C#CCON(C(=N)c1c(Cl)cccc1Cl)C(=O)Cc1ccc(OCC(=O)OCC)cc1. The highest BCUT2D eigenvalue weighted by Gasteiger charge is 2.24. The topological polar surface area (TPSA) is 88.9 Å². The summed E-state index contributed by atoms with van der Waals surface area (Å²) in [5.74, 6) is 1.36. The summed E-state index contributed by atoms with van der Waals surface area (Å²) in [7, 11) is 0. The lowest BCUT2D eigenvalue weighted by Gasteiger charge is -2.22. The Morgan fingerprint density at radius 3 is 2.35 bits per heavy atom. The summed E-state index contributed by atoms with van der Waals surface area (Å²) >= 11 is 12.3. The van der Waals surface area contributed by atoms with Gasteiger partial charge in [0.2, 0.25) is 0 Å². The Balaban J connectivity index is 2.11. The zero-order valence-corrected chi connectivity index (χ0v) is 18.2. The van der Waals surface area contributed by atoms with Crippen LogP contribution >= 0.6 is 23.2 Å². The molecule has 2 aromatic carbocycles. The van der Waals surface area contributed by atoms with Crippen molar-refractivity contribution in [2.45, 2.75) is 13.3 Å². The number of ether oxygens (including phenoxy) is 2. The molecule has 9 heteroatoms. The molecule has 0 aromatic heterocycles. The van der Waals surface area contributed by atoms with E-state index < -0.39 is 11.9 Å². The molecule has 2 rings (SSSR count). The summed E-state index contributed by atoms with van der Waals surface area (Å²) in [5, 5.41) is 9.56. The number of benzene rings is 2. The molecule has 0 aliphatic carbocycles. The lowest BCUT2D eigenvalue weighted by Crippen LogP contribution is -2.38. The highest BCUT2D eigenvalue weighted by atomic mass is 35.5. The lowest BCUT2D eigenvalue weighted by atomic mass is 10.1. The van der Waals surface area contributed by atoms with E-state index in [0.717, 1.165) is 5.06 Å². The largest absolute Gasteiger partial charge is 0.482 e. The van der Waals surface area contributed by atoms with E-state index in [0.29, 0.717) is 11.3 Å². The van der Waals surface area contributed by atoms with Crippen molar-refractivity contribution in [1.82, 2.24) is 5.06 Å². The minimum Gasteiger partial charge on any atom is -0.482 e. The van der Waals surface area contributed by atoms with Gasteiger partial charge in [-0.25, -0.2) is 4.79 Å². The lowest BCUT2D eigenvalue weighted by molar-refractivity contribution is -0.159. The van der Waals surface area contributed by atoms with Gasteiger partial charge >= 0.3 is 5.97 Å². The molecule has 0 unspecified atom stereocenters. The maximum Gasteiger partial charge on any atom is 0.344 e. The van der Waals surface area contributed by atoms with Crippen LogP contribution in [-0.2, 0) is 25.6 Å². The Labute approximate surface area is 190 Å². The molecular weight excluding hydrogens is 443 g/mol. The first-order valence-electron chi connectivity index (χ1n) is 9.17. The Morgan fingerprint density at radius 2 is 1.77 bits per heavy atom. The molecule has 0 fully saturated rings. The number of terminal acetylenes is 1. The minimum atomic E-state index is -0.545. The van der Waals surface area contributed by atoms with Crippen LogP contribution in [0.15, 0.2) is 42.5 Å². The Bertz CT molecular complexity index is 966. The Kier molecular flexibility index (Phi) is 9.35. The summed E-state index contributed by atoms with van der Waals surface area (Å²) in [5.41, 5.74) is 0.778. The summed E-state index contributed by atoms with van der Waals surface area (Å²) < 4.78 is 10.1. The van der Waals surface area contributed by atoms with Gasteiger partial charge in [-0.3, -0.25) is 15.0 Å². The van der Waals surface area contributed by atoms with Crippen molar-refractivity contribution >= 4 is 40.9 Å². The van der Waals surface area contributed by atoms with Gasteiger partial charge in [-0.1, -0.05) is 47.3 Å². The van der Waals surface area contributed by atoms with E-state index in [1.807, 2.05) is 0 Å². The first kappa shape index (κ1) is 24.2. The van der Waals surface area contributed by atoms with Gasteiger partial charge in [0.15, 0.2) is 12.4 Å². The standard InChI is InChI=1S/C22H20Cl2N2O5/c1-3-12-31-26(22(25)21-17(23)6-5-7-18(21)24)19(27)13-15-8-10-16(11-9-15)30-14-20(28)29-4-2/h1,5-11,25H,4,12-14H2,2H3. The zero-order valence-electron chi connectivity index (χ0n) is 16.7. The maximum atomic E-state index is 12.8. The fraction of sp³-hybridized carbons (Fsp3) is 0.227. The molecule has 0 aliphatic heterocycles. The van der Waals surface area contributed by atoms with E-state index >= 15 is 0 Å². The van der Waals surface area contributed by atoms with Crippen LogP contribution in [0.4, 0.5) is 0 Å². The van der Waals surface area contributed by atoms with Crippen LogP contribution in [-0.4, -0.2) is 42.6 Å². The fourth-order valence-corrected chi connectivity index (χ4v) is 3.06. The smallest absolute Gasteiger partial charge is 0.344 e. The van der Waals surface area contributed by atoms with Gasteiger partial charge in [0, 0.05) is 0 Å². The number of hydrogen-bond donors (Lipinski definition) is 1. The van der Waals surface area contributed by atoms with E-state index in [1.54, 1.807) is 49.4 Å². The molecular formula is C22H20Cl2N2O5. The van der Waals surface area contributed by atoms with Gasteiger partial charge in [-0.2, -0.15) is 5.06 Å². The molecule has 0 saturated carbocycles. The van der Waals surface area contributed by atoms with Crippen LogP contribution in [0.25, 0.3) is 0 Å². The highest BCUT2D eigenvalue weighted by Crippen LogP contribution is 2.26. The Hall–Kier alpha value is -3.05. The number of nitrogens with zero attached hydrogens (tertiary/aromatic N) is 1. The molecule has 2 aromatic rings. The third-order valence-corrected chi connectivity index (χ3v) is 4.48. The van der Waals surface area contributed by atoms with Gasteiger partial charge in [0.05, 0.1) is 28.6 Å². The first-order chi connectivity index (χ1) is 14.9. The molecule has 1 amide bonds. The number of nitrogens with one attached hydrogen (secondary N) is 1. The minimum absolute atomic E-state index is 0.0901. The summed E-state index contributed by atoms with van der Waals surface area (Å²) in [6.45, 7) is 1.54. The number of amides is 1. The number of carbonyl (C=O) groups excluding carboxylic acids is 2. The number of carbonyl (C=O) groups is 2. The molecule has 7 nitrogen and oxygen atoms in total. The second kappa shape index (κ2) is 12.0. The van der Waals surface area contributed by atoms with Crippen LogP contribution in [0.1, 0.15) is 18.1 Å². The van der Waals surface area contributed by atoms with Gasteiger partial charge < -0.3 is 9.47 Å². The highest BCUT2D eigenvalue weighted by molar-refractivity contribution is 6.40. The second-order valence-electron chi connectivity index (χ2n) is 6.03. The maximum absolute atomic E-state index is 12.8. The quantitative estimate of drug-likeness (QED) is 0.200. The van der Waals surface area contributed by atoms with Crippen LogP contribution in [0.2, 0.25) is 10.0 Å². The van der Waals surface area contributed by atoms with E-state index in [4.69, 9.17) is 49.3 Å². The van der Waals surface area contributed by atoms with Crippen molar-refractivity contribution in [3.05, 3.63) is 63.6 Å². The average Bonchev–Trinajstić information content (AvgIpc) is 2.73. The number of halogens is 2. The van der Waals surface area contributed by atoms with Crippen LogP contribution in [0.5, 0.6) is 5.75 Å². The second-order valence-corrected chi connectivity index (χ2v) is 6.84.